The highest BCUT2D eigenvalue weighted by molar-refractivity contribution is 6.53. The second-order valence-corrected chi connectivity index (χ2v) is 8.53. The quantitative estimate of drug-likeness (QED) is 0.261. The maximum absolute atomic E-state index is 13.0. The third-order valence-electron chi connectivity index (χ3n) is 5.16. The molecule has 0 N–H and O–H groups in total. The van der Waals surface area contributed by atoms with E-state index < -0.39 is 11.6 Å². The molecule has 1 aliphatic rings. The van der Waals surface area contributed by atoms with Crippen molar-refractivity contribution < 1.29 is 9.53 Å². The van der Waals surface area contributed by atoms with E-state index in [0.29, 0.717) is 16.8 Å². The number of carbonyl (C=O) groups is 1. The fraction of sp³-hybridized carbons (Fsp3) is 0.190. The van der Waals surface area contributed by atoms with Crippen molar-refractivity contribution in [2.75, 3.05) is 19.0 Å². The molecule has 2 heterocycles. The summed E-state index contributed by atoms with van der Waals surface area (Å²) < 4.78 is 7.91. The van der Waals surface area contributed by atoms with Crippen molar-refractivity contribution in [3.05, 3.63) is 85.1 Å². The third kappa shape index (κ3) is 2.85. The van der Waals surface area contributed by atoms with E-state index in [2.05, 4.69) is 0 Å². The van der Waals surface area contributed by atoms with Gasteiger partial charge < -0.3 is 14.2 Å². The van der Waals surface area contributed by atoms with Crippen LogP contribution >= 0.6 is 46.4 Å². The lowest BCUT2D eigenvalue weighted by molar-refractivity contribution is 0.0231. The summed E-state index contributed by atoms with van der Waals surface area (Å²) in [5.74, 6) is -0.608. The molecule has 1 aromatic heterocycles. The minimum Gasteiger partial charge on any atom is -0.439 e. The Balaban J connectivity index is 2.11. The van der Waals surface area contributed by atoms with Crippen LogP contribution in [0.3, 0.4) is 0 Å². The van der Waals surface area contributed by atoms with Crippen molar-refractivity contribution in [1.82, 2.24) is 4.57 Å². The lowest BCUT2D eigenvalue weighted by atomic mass is 9.82. The normalized spacial score (nSPS) is 18.0. The number of hydrogen-bond acceptors (Lipinski definition) is 3. The first kappa shape index (κ1) is 20.4. The number of esters is 1. The van der Waals surface area contributed by atoms with E-state index in [1.807, 2.05) is 73.2 Å². The Labute approximate surface area is 188 Å². The van der Waals surface area contributed by atoms with E-state index in [1.54, 1.807) is 0 Å². The molecule has 2 aromatic carbocycles. The molecule has 0 aliphatic carbocycles. The Bertz CT molecular complexity index is 1140. The molecule has 0 bridgehead atoms. The van der Waals surface area contributed by atoms with E-state index in [4.69, 9.17) is 51.1 Å². The van der Waals surface area contributed by atoms with Crippen LogP contribution in [0.1, 0.15) is 27.2 Å². The van der Waals surface area contributed by atoms with Gasteiger partial charge >= 0.3 is 5.97 Å². The number of fused-ring (bicyclic) bond motifs is 1. The predicted molar refractivity (Wildman–Crippen MR) is 118 cm³/mol. The number of rotatable bonds is 3. The highest BCUT2D eigenvalue weighted by Crippen LogP contribution is 2.55. The van der Waals surface area contributed by atoms with Gasteiger partial charge in [0.1, 0.15) is 0 Å². The fourth-order valence-electron chi connectivity index (χ4n) is 3.75. The number of ether oxygens (including phenoxy) is 1. The summed E-state index contributed by atoms with van der Waals surface area (Å²) in [5.41, 5.74) is 1.63. The molecule has 1 aliphatic heterocycles. The molecule has 0 spiro atoms. The summed E-state index contributed by atoms with van der Waals surface area (Å²) in [6, 6.07) is 11.4. The van der Waals surface area contributed by atoms with Gasteiger partial charge in [0.15, 0.2) is 0 Å². The van der Waals surface area contributed by atoms with Crippen LogP contribution in [0.15, 0.2) is 42.6 Å². The Morgan fingerprint density at radius 3 is 2.10 bits per heavy atom. The predicted octanol–water partition coefficient (Wildman–Crippen LogP) is 6.17. The van der Waals surface area contributed by atoms with Crippen molar-refractivity contribution in [1.29, 1.82) is 0 Å². The molecular formula is C21H16Cl4N2O2. The van der Waals surface area contributed by atoms with Crippen molar-refractivity contribution in [3.63, 3.8) is 0 Å². The first-order valence-corrected chi connectivity index (χ1v) is 10.2. The van der Waals surface area contributed by atoms with Crippen molar-refractivity contribution in [2.45, 2.75) is 5.60 Å². The smallest absolute Gasteiger partial charge is 0.341 e. The van der Waals surface area contributed by atoms with Gasteiger partial charge in [-0.05, 0) is 24.3 Å². The Hall–Kier alpha value is -1.85. The second-order valence-electron chi connectivity index (χ2n) is 7.02. The molecule has 0 saturated carbocycles. The number of aryl methyl sites for hydroxylation is 1. The first-order chi connectivity index (χ1) is 13.7. The largest absolute Gasteiger partial charge is 0.439 e. The third-order valence-corrected chi connectivity index (χ3v) is 6.97. The fourth-order valence-corrected chi connectivity index (χ4v) is 4.81. The highest BCUT2D eigenvalue weighted by Gasteiger charge is 2.53. The van der Waals surface area contributed by atoms with E-state index in [1.165, 1.54) is 0 Å². The summed E-state index contributed by atoms with van der Waals surface area (Å²) in [4.78, 5) is 15.0. The van der Waals surface area contributed by atoms with Crippen molar-refractivity contribution >= 4 is 58.1 Å². The number of benzene rings is 2. The van der Waals surface area contributed by atoms with Crippen LogP contribution in [-0.2, 0) is 17.4 Å². The monoisotopic (exact) mass is 468 g/mol. The summed E-state index contributed by atoms with van der Waals surface area (Å²) in [7, 11) is 5.76. The average molecular weight is 470 g/mol. The lowest BCUT2D eigenvalue weighted by Crippen LogP contribution is -2.32. The molecule has 3 aromatic rings. The molecule has 1 unspecified atom stereocenters. The molecule has 1 atom stereocenters. The van der Waals surface area contributed by atoms with Gasteiger partial charge in [0, 0.05) is 44.2 Å². The molecule has 0 amide bonds. The van der Waals surface area contributed by atoms with Gasteiger partial charge in [-0.15, -0.1) is 0 Å². The zero-order chi connectivity index (χ0) is 21.1. The first-order valence-electron chi connectivity index (χ1n) is 8.69. The Morgan fingerprint density at radius 2 is 1.55 bits per heavy atom. The standard InChI is InChI=1S/C21H16Cl4N2O2/c1-26(2)12-8-6-11(7-9-12)21(13-5-4-10-27(13)3)15-14(20(28)29-21)16(22)18(24)19(25)17(15)23/h4-10H,1-3H3. The minimum absolute atomic E-state index is 0.0275. The van der Waals surface area contributed by atoms with Crippen LogP contribution in [0, 0.1) is 0 Å². The van der Waals surface area contributed by atoms with E-state index in [0.717, 1.165) is 5.69 Å². The van der Waals surface area contributed by atoms with Crippen molar-refractivity contribution in [2.24, 2.45) is 7.05 Å². The van der Waals surface area contributed by atoms with Crippen LogP contribution in [0.5, 0.6) is 0 Å². The van der Waals surface area contributed by atoms with Gasteiger partial charge in [-0.2, -0.15) is 0 Å². The highest BCUT2D eigenvalue weighted by atomic mass is 35.5. The average Bonchev–Trinajstić information content (AvgIpc) is 3.26. The number of aromatic nitrogens is 1. The van der Waals surface area contributed by atoms with Crippen LogP contribution in [0.4, 0.5) is 5.69 Å². The maximum atomic E-state index is 13.0. The molecular weight excluding hydrogens is 454 g/mol. The zero-order valence-corrected chi connectivity index (χ0v) is 18.8. The van der Waals surface area contributed by atoms with Crippen LogP contribution in [0.2, 0.25) is 20.1 Å². The molecule has 8 heteroatoms. The number of nitrogens with zero attached hydrogens (tertiary/aromatic N) is 2. The molecule has 0 saturated heterocycles. The zero-order valence-electron chi connectivity index (χ0n) is 15.8. The van der Waals surface area contributed by atoms with Gasteiger partial charge in [0.25, 0.3) is 0 Å². The Kier molecular flexibility index (Phi) is 5.02. The van der Waals surface area contributed by atoms with Crippen LogP contribution < -0.4 is 4.90 Å². The van der Waals surface area contributed by atoms with Gasteiger partial charge in [0.05, 0.1) is 31.3 Å². The van der Waals surface area contributed by atoms with Crippen LogP contribution in [-0.4, -0.2) is 24.6 Å². The molecule has 4 rings (SSSR count). The number of carbonyl (C=O) groups excluding carboxylic acids is 1. The Morgan fingerprint density at radius 1 is 0.931 bits per heavy atom. The summed E-state index contributed by atoms with van der Waals surface area (Å²) in [5, 5.41) is 0.278. The number of halogens is 4. The summed E-state index contributed by atoms with van der Waals surface area (Å²) in [6.07, 6.45) is 1.87. The van der Waals surface area contributed by atoms with E-state index in [-0.39, 0.29) is 25.7 Å². The number of hydrogen-bond donors (Lipinski definition) is 0. The summed E-state index contributed by atoms with van der Waals surface area (Å²) in [6.45, 7) is 0. The molecule has 29 heavy (non-hydrogen) atoms. The van der Waals surface area contributed by atoms with E-state index >= 15 is 0 Å². The lowest BCUT2D eigenvalue weighted by Gasteiger charge is -2.31. The van der Waals surface area contributed by atoms with Crippen LogP contribution in [0.25, 0.3) is 0 Å². The second kappa shape index (κ2) is 7.13. The van der Waals surface area contributed by atoms with Gasteiger partial charge in [-0.1, -0.05) is 58.5 Å². The topological polar surface area (TPSA) is 34.5 Å². The molecule has 150 valence electrons. The van der Waals surface area contributed by atoms with Gasteiger partial charge in [-0.25, -0.2) is 4.79 Å². The molecule has 0 radical (unpaired) electrons. The summed E-state index contributed by atoms with van der Waals surface area (Å²) >= 11 is 25.6. The molecule has 0 fully saturated rings. The maximum Gasteiger partial charge on any atom is 0.341 e. The molecule has 4 nitrogen and oxygen atoms in total. The number of cyclic esters (lactones) is 1. The van der Waals surface area contributed by atoms with Gasteiger partial charge in [-0.3, -0.25) is 0 Å². The van der Waals surface area contributed by atoms with Crippen molar-refractivity contribution in [3.8, 4) is 0 Å². The number of anilines is 1. The van der Waals surface area contributed by atoms with Gasteiger partial charge in [0.2, 0.25) is 5.60 Å². The van der Waals surface area contributed by atoms with E-state index in [9.17, 15) is 4.79 Å². The SMILES string of the molecule is CN(C)c1ccc(C2(c3cccn3C)OC(=O)c3c(Cl)c(Cl)c(Cl)c(Cl)c32)cc1. The minimum atomic E-state index is -1.32.